The number of hydrogen-bond acceptors (Lipinski definition) is 7. The van der Waals surface area contributed by atoms with Crippen LogP contribution < -0.4 is 15.4 Å². The van der Waals surface area contributed by atoms with E-state index in [9.17, 15) is 9.90 Å². The largest absolute Gasteiger partial charge is 0.494 e. The Kier molecular flexibility index (Phi) is 6.76. The molecule has 0 bridgehead atoms. The molecular weight excluding hydrogens is 418 g/mol. The van der Waals surface area contributed by atoms with Crippen LogP contribution in [0.25, 0.3) is 11.0 Å². The van der Waals surface area contributed by atoms with E-state index in [2.05, 4.69) is 14.9 Å². The molecule has 2 aromatic heterocycles. The molecule has 1 unspecified atom stereocenters. The number of ether oxygens (including phenoxy) is 1. The van der Waals surface area contributed by atoms with Crippen molar-refractivity contribution in [2.24, 2.45) is 5.73 Å². The van der Waals surface area contributed by atoms with Gasteiger partial charge in [0.1, 0.15) is 16.9 Å². The van der Waals surface area contributed by atoms with E-state index in [0.29, 0.717) is 44.0 Å². The third kappa shape index (κ3) is 5.23. The van der Waals surface area contributed by atoms with Gasteiger partial charge in [-0.2, -0.15) is 0 Å². The fraction of sp³-hybridized carbons (Fsp3) is 0.400. The number of benzene rings is 1. The van der Waals surface area contributed by atoms with Gasteiger partial charge in [-0.3, -0.25) is 9.78 Å². The van der Waals surface area contributed by atoms with E-state index in [1.54, 1.807) is 36.3 Å². The minimum Gasteiger partial charge on any atom is -0.494 e. The summed E-state index contributed by atoms with van der Waals surface area (Å²) in [7, 11) is 1.72. The number of likely N-dealkylation sites (N-methyl/N-ethyl adjacent to an activating group) is 1. The maximum absolute atomic E-state index is 13.0. The molecule has 1 aliphatic heterocycles. The molecule has 3 heterocycles. The number of carbonyl (C=O) groups is 1. The Hall–Kier alpha value is -3.23. The third-order valence-electron chi connectivity index (χ3n) is 5.95. The number of hydrogen-bond donors (Lipinski definition) is 2. The number of anilines is 1. The maximum atomic E-state index is 13.0. The minimum atomic E-state index is -1.01. The fourth-order valence-electron chi connectivity index (χ4n) is 4.28. The minimum absolute atomic E-state index is 0.155. The lowest BCUT2D eigenvalue weighted by molar-refractivity contribution is 0.0264. The van der Waals surface area contributed by atoms with E-state index in [0.717, 1.165) is 28.8 Å². The quantitative estimate of drug-likeness (QED) is 0.509. The van der Waals surface area contributed by atoms with Gasteiger partial charge < -0.3 is 25.4 Å². The number of aromatic nitrogens is 2. The van der Waals surface area contributed by atoms with Gasteiger partial charge >= 0.3 is 0 Å². The molecule has 1 fully saturated rings. The first-order chi connectivity index (χ1) is 15.9. The first kappa shape index (κ1) is 22.9. The van der Waals surface area contributed by atoms with Crippen molar-refractivity contribution in [1.29, 1.82) is 0 Å². The van der Waals surface area contributed by atoms with Crippen LogP contribution in [0.2, 0.25) is 0 Å². The summed E-state index contributed by atoms with van der Waals surface area (Å²) in [5.74, 6) is 0.485. The van der Waals surface area contributed by atoms with Crippen molar-refractivity contribution in [3.05, 3.63) is 59.9 Å². The number of aliphatic hydroxyl groups is 1. The molecule has 0 aliphatic carbocycles. The standard InChI is InChI=1S/C25H31N5O3/c1-18-7-8-21-23(28-18)22(9-12-27-21)30-13-10-25(32,17-30)16-29(2)24(31)19-5-3-6-20(15-19)33-14-4-11-26/h3,5-9,12,15,32H,4,10-11,13-14,16-17,26H2,1-2H3. The highest BCUT2D eigenvalue weighted by atomic mass is 16.5. The van der Waals surface area contributed by atoms with Crippen LogP contribution in [0.15, 0.2) is 48.7 Å². The second-order valence-electron chi connectivity index (χ2n) is 8.73. The lowest BCUT2D eigenvalue weighted by atomic mass is 10.0. The van der Waals surface area contributed by atoms with Crippen molar-refractivity contribution in [1.82, 2.24) is 14.9 Å². The zero-order valence-electron chi connectivity index (χ0n) is 19.2. The normalized spacial score (nSPS) is 18.0. The van der Waals surface area contributed by atoms with Gasteiger partial charge in [-0.25, -0.2) is 4.98 Å². The monoisotopic (exact) mass is 449 g/mol. The SMILES string of the molecule is Cc1ccc2nccc(N3CCC(O)(CN(C)C(=O)c4cccc(OCCCN)c4)C3)c2n1. The molecule has 33 heavy (non-hydrogen) atoms. The zero-order valence-corrected chi connectivity index (χ0v) is 19.2. The molecule has 8 nitrogen and oxygen atoms in total. The molecule has 174 valence electrons. The highest BCUT2D eigenvalue weighted by Gasteiger charge is 2.38. The molecule has 3 aromatic rings. The van der Waals surface area contributed by atoms with Gasteiger partial charge in [0.05, 0.1) is 24.4 Å². The van der Waals surface area contributed by atoms with E-state index in [-0.39, 0.29) is 12.5 Å². The average Bonchev–Trinajstić information content (AvgIpc) is 3.19. The Morgan fingerprint density at radius 3 is 2.97 bits per heavy atom. The summed E-state index contributed by atoms with van der Waals surface area (Å²) >= 11 is 0. The molecule has 1 amide bonds. The lowest BCUT2D eigenvalue weighted by Gasteiger charge is -2.29. The number of rotatable bonds is 8. The predicted octanol–water partition coefficient (Wildman–Crippen LogP) is 2.38. The van der Waals surface area contributed by atoms with Crippen LogP contribution in [-0.2, 0) is 0 Å². The predicted molar refractivity (Wildman–Crippen MR) is 129 cm³/mol. The van der Waals surface area contributed by atoms with Crippen LogP contribution in [0, 0.1) is 6.92 Å². The van der Waals surface area contributed by atoms with Gasteiger partial charge in [-0.15, -0.1) is 0 Å². The molecule has 8 heteroatoms. The van der Waals surface area contributed by atoms with Crippen molar-refractivity contribution in [2.75, 3.05) is 44.7 Å². The molecule has 3 N–H and O–H groups in total. The molecule has 0 radical (unpaired) electrons. The number of pyridine rings is 2. The fourth-order valence-corrected chi connectivity index (χ4v) is 4.28. The van der Waals surface area contributed by atoms with Crippen LogP contribution in [0.3, 0.4) is 0 Å². The number of amides is 1. The highest BCUT2D eigenvalue weighted by molar-refractivity contribution is 5.94. The second-order valence-corrected chi connectivity index (χ2v) is 8.73. The number of nitrogens with zero attached hydrogens (tertiary/aromatic N) is 4. The van der Waals surface area contributed by atoms with Crippen LogP contribution in [0.5, 0.6) is 5.75 Å². The lowest BCUT2D eigenvalue weighted by Crippen LogP contribution is -2.45. The first-order valence-electron chi connectivity index (χ1n) is 11.3. The van der Waals surface area contributed by atoms with E-state index in [1.165, 1.54) is 0 Å². The molecular formula is C25H31N5O3. The summed E-state index contributed by atoms with van der Waals surface area (Å²) < 4.78 is 5.66. The summed E-state index contributed by atoms with van der Waals surface area (Å²) in [5, 5.41) is 11.3. The van der Waals surface area contributed by atoms with Gasteiger partial charge in [0.25, 0.3) is 5.91 Å². The summed E-state index contributed by atoms with van der Waals surface area (Å²) in [5.41, 5.74) is 8.56. The van der Waals surface area contributed by atoms with Crippen LogP contribution >= 0.6 is 0 Å². The van der Waals surface area contributed by atoms with Crippen LogP contribution in [0.1, 0.15) is 28.9 Å². The number of β-amino-alcohol motifs (C(OH)–C–C–N with tert-alkyl or cyclic N) is 1. The van der Waals surface area contributed by atoms with Gasteiger partial charge in [-0.05, 0) is 62.7 Å². The van der Waals surface area contributed by atoms with Crippen LogP contribution in [-0.4, -0.2) is 71.3 Å². The first-order valence-corrected chi connectivity index (χ1v) is 11.3. The van der Waals surface area contributed by atoms with Gasteiger partial charge in [0.15, 0.2) is 0 Å². The number of carbonyl (C=O) groups excluding carboxylic acids is 1. The molecule has 1 atom stereocenters. The summed E-state index contributed by atoms with van der Waals surface area (Å²) in [6.07, 6.45) is 3.08. The summed E-state index contributed by atoms with van der Waals surface area (Å²) in [4.78, 5) is 25.8. The van der Waals surface area contributed by atoms with Crippen molar-refractivity contribution >= 4 is 22.6 Å². The van der Waals surface area contributed by atoms with Crippen molar-refractivity contribution in [3.8, 4) is 5.75 Å². The third-order valence-corrected chi connectivity index (χ3v) is 5.95. The average molecular weight is 450 g/mol. The second kappa shape index (κ2) is 9.72. The number of aryl methyl sites for hydroxylation is 1. The van der Waals surface area contributed by atoms with Gasteiger partial charge in [0, 0.05) is 37.6 Å². The highest BCUT2D eigenvalue weighted by Crippen LogP contribution is 2.31. The van der Waals surface area contributed by atoms with E-state index in [4.69, 9.17) is 10.5 Å². The van der Waals surface area contributed by atoms with E-state index in [1.807, 2.05) is 31.2 Å². The summed E-state index contributed by atoms with van der Waals surface area (Å²) in [6, 6.07) is 13.0. The Labute approximate surface area is 194 Å². The molecule has 1 aliphatic rings. The van der Waals surface area contributed by atoms with E-state index >= 15 is 0 Å². The van der Waals surface area contributed by atoms with Crippen molar-refractivity contribution in [3.63, 3.8) is 0 Å². The Morgan fingerprint density at radius 1 is 1.30 bits per heavy atom. The molecule has 1 saturated heterocycles. The topological polar surface area (TPSA) is 105 Å². The van der Waals surface area contributed by atoms with Crippen molar-refractivity contribution < 1.29 is 14.6 Å². The number of nitrogens with two attached hydrogens (primary N) is 1. The molecule has 1 aromatic carbocycles. The molecule has 0 spiro atoms. The molecule has 0 saturated carbocycles. The zero-order chi connectivity index (χ0) is 23.4. The Balaban J connectivity index is 1.44. The van der Waals surface area contributed by atoms with Crippen LogP contribution in [0.4, 0.5) is 5.69 Å². The van der Waals surface area contributed by atoms with Gasteiger partial charge in [-0.1, -0.05) is 6.07 Å². The van der Waals surface area contributed by atoms with Crippen molar-refractivity contribution in [2.45, 2.75) is 25.4 Å². The smallest absolute Gasteiger partial charge is 0.253 e. The Bertz CT molecular complexity index is 1140. The van der Waals surface area contributed by atoms with Gasteiger partial charge in [0.2, 0.25) is 0 Å². The number of fused-ring (bicyclic) bond motifs is 1. The Morgan fingerprint density at radius 2 is 2.15 bits per heavy atom. The summed E-state index contributed by atoms with van der Waals surface area (Å²) in [6.45, 7) is 4.35. The molecule has 4 rings (SSSR count). The maximum Gasteiger partial charge on any atom is 0.253 e. The van der Waals surface area contributed by atoms with E-state index < -0.39 is 5.60 Å².